The van der Waals surface area contributed by atoms with Crippen LogP contribution in [-0.4, -0.2) is 5.24 Å². The average molecular weight is 207 g/mol. The zero-order valence-electron chi connectivity index (χ0n) is 7.86. The molecular weight excluding hydrogens is 194 g/mol. The van der Waals surface area contributed by atoms with Crippen LogP contribution in [0.2, 0.25) is 0 Å². The maximum atomic E-state index is 10.6. The van der Waals surface area contributed by atoms with E-state index in [1.54, 1.807) is 0 Å². The third-order valence-electron chi connectivity index (χ3n) is 2.44. The fraction of sp³-hybridized carbons (Fsp3) is 0.364. The SMILES string of the molecule is O=C(S)NCc1cccc(C2CC2)c1. The summed E-state index contributed by atoms with van der Waals surface area (Å²) in [5.74, 6) is 0.765. The van der Waals surface area contributed by atoms with Gasteiger partial charge in [0.2, 0.25) is 0 Å². The van der Waals surface area contributed by atoms with Crippen molar-refractivity contribution >= 4 is 17.9 Å². The maximum absolute atomic E-state index is 10.6. The van der Waals surface area contributed by atoms with E-state index in [2.05, 4.69) is 30.1 Å². The highest BCUT2D eigenvalue weighted by Gasteiger charge is 2.23. The largest absolute Gasteiger partial charge is 0.343 e. The molecule has 0 aliphatic heterocycles. The fourth-order valence-electron chi connectivity index (χ4n) is 1.55. The Labute approximate surface area is 89.1 Å². The van der Waals surface area contributed by atoms with Crippen molar-refractivity contribution in [3.05, 3.63) is 35.4 Å². The van der Waals surface area contributed by atoms with Gasteiger partial charge >= 0.3 is 0 Å². The van der Waals surface area contributed by atoms with Gasteiger partial charge in [0, 0.05) is 6.54 Å². The van der Waals surface area contributed by atoms with E-state index in [4.69, 9.17) is 0 Å². The van der Waals surface area contributed by atoms with Gasteiger partial charge in [0.25, 0.3) is 5.24 Å². The number of amides is 1. The molecule has 1 aliphatic carbocycles. The van der Waals surface area contributed by atoms with Gasteiger partial charge in [0.1, 0.15) is 0 Å². The normalized spacial score (nSPS) is 15.2. The fourth-order valence-corrected chi connectivity index (χ4v) is 1.63. The summed E-state index contributed by atoms with van der Waals surface area (Å²) in [5, 5.41) is 2.40. The summed E-state index contributed by atoms with van der Waals surface area (Å²) in [5.41, 5.74) is 2.55. The Balaban J connectivity index is 2.02. The Morgan fingerprint density at radius 3 is 2.93 bits per heavy atom. The molecule has 1 aliphatic rings. The molecule has 0 atom stereocenters. The lowest BCUT2D eigenvalue weighted by Gasteiger charge is -2.04. The minimum absolute atomic E-state index is 0.276. The van der Waals surface area contributed by atoms with Gasteiger partial charge < -0.3 is 5.32 Å². The molecule has 0 radical (unpaired) electrons. The number of carbonyl (C=O) groups excluding carboxylic acids is 1. The molecule has 0 aromatic heterocycles. The summed E-state index contributed by atoms with van der Waals surface area (Å²) in [4.78, 5) is 10.6. The van der Waals surface area contributed by atoms with Crippen molar-refractivity contribution in [1.82, 2.24) is 5.32 Å². The molecular formula is C11H13NOS. The van der Waals surface area contributed by atoms with E-state index >= 15 is 0 Å². The number of benzene rings is 1. The minimum Gasteiger partial charge on any atom is -0.343 e. The van der Waals surface area contributed by atoms with Gasteiger partial charge in [-0.1, -0.05) is 36.9 Å². The van der Waals surface area contributed by atoms with E-state index in [9.17, 15) is 4.79 Å². The van der Waals surface area contributed by atoms with Crippen LogP contribution in [0.5, 0.6) is 0 Å². The molecule has 0 spiro atoms. The summed E-state index contributed by atoms with van der Waals surface area (Å²) in [6.45, 7) is 0.572. The molecule has 1 saturated carbocycles. The second kappa shape index (κ2) is 4.05. The third kappa shape index (κ3) is 2.51. The lowest BCUT2D eigenvalue weighted by atomic mass is 10.1. The summed E-state index contributed by atoms with van der Waals surface area (Å²) < 4.78 is 0. The summed E-state index contributed by atoms with van der Waals surface area (Å²) in [6.07, 6.45) is 2.62. The van der Waals surface area contributed by atoms with E-state index in [-0.39, 0.29) is 5.24 Å². The Kier molecular flexibility index (Phi) is 2.77. The first kappa shape index (κ1) is 9.59. The van der Waals surface area contributed by atoms with Crippen LogP contribution >= 0.6 is 12.6 Å². The molecule has 3 heteroatoms. The molecule has 0 unspecified atom stereocenters. The zero-order chi connectivity index (χ0) is 9.97. The van der Waals surface area contributed by atoms with Crippen molar-refractivity contribution in [2.45, 2.75) is 25.3 Å². The first-order valence-corrected chi connectivity index (χ1v) is 5.26. The van der Waals surface area contributed by atoms with Crippen molar-refractivity contribution < 1.29 is 4.79 Å². The van der Waals surface area contributed by atoms with Gasteiger partial charge in [-0.05, 0) is 29.9 Å². The third-order valence-corrected chi connectivity index (χ3v) is 2.60. The smallest absolute Gasteiger partial charge is 0.276 e. The van der Waals surface area contributed by atoms with Gasteiger partial charge in [-0.2, -0.15) is 0 Å². The predicted molar refractivity (Wildman–Crippen MR) is 59.6 cm³/mol. The topological polar surface area (TPSA) is 29.1 Å². The second-order valence-electron chi connectivity index (χ2n) is 3.68. The van der Waals surface area contributed by atoms with E-state index in [1.807, 2.05) is 12.1 Å². The molecule has 0 saturated heterocycles. The summed E-state index contributed by atoms with van der Waals surface area (Å²) in [7, 11) is 0. The van der Waals surface area contributed by atoms with Crippen LogP contribution in [-0.2, 0) is 6.54 Å². The second-order valence-corrected chi connectivity index (χ2v) is 4.08. The van der Waals surface area contributed by atoms with Crippen LogP contribution < -0.4 is 5.32 Å². The molecule has 2 rings (SSSR count). The van der Waals surface area contributed by atoms with Crippen LogP contribution in [0.25, 0.3) is 0 Å². The first-order valence-electron chi connectivity index (χ1n) is 4.81. The maximum Gasteiger partial charge on any atom is 0.276 e. The van der Waals surface area contributed by atoms with Crippen molar-refractivity contribution in [3.63, 3.8) is 0 Å². The van der Waals surface area contributed by atoms with Gasteiger partial charge in [0.15, 0.2) is 0 Å². The Morgan fingerprint density at radius 2 is 2.29 bits per heavy atom. The summed E-state index contributed by atoms with van der Waals surface area (Å²) in [6, 6.07) is 8.40. The van der Waals surface area contributed by atoms with Crippen molar-refractivity contribution in [2.24, 2.45) is 0 Å². The van der Waals surface area contributed by atoms with Crippen LogP contribution in [0, 0.1) is 0 Å². The molecule has 0 bridgehead atoms. The average Bonchev–Trinajstić information content (AvgIpc) is 2.98. The molecule has 1 aromatic rings. The van der Waals surface area contributed by atoms with E-state index in [0.717, 1.165) is 11.5 Å². The molecule has 14 heavy (non-hydrogen) atoms. The standard InChI is InChI=1S/C11H13NOS/c13-11(14)12-7-8-2-1-3-10(6-8)9-4-5-9/h1-3,6,9H,4-5,7H2,(H2,12,13,14). The van der Waals surface area contributed by atoms with Crippen molar-refractivity contribution in [1.29, 1.82) is 0 Å². The lowest BCUT2D eigenvalue weighted by Crippen LogP contribution is -2.15. The van der Waals surface area contributed by atoms with E-state index in [1.165, 1.54) is 18.4 Å². The van der Waals surface area contributed by atoms with Gasteiger partial charge in [-0.15, -0.1) is 0 Å². The number of carbonyl (C=O) groups is 1. The number of hydrogen-bond donors (Lipinski definition) is 2. The van der Waals surface area contributed by atoms with E-state index in [0.29, 0.717) is 6.54 Å². The Hall–Kier alpha value is -0.960. The highest BCUT2D eigenvalue weighted by Crippen LogP contribution is 2.40. The predicted octanol–water partition coefficient (Wildman–Crippen LogP) is 2.70. The molecule has 1 fully saturated rings. The molecule has 1 aromatic carbocycles. The molecule has 0 heterocycles. The van der Waals surface area contributed by atoms with Crippen LogP contribution in [0.3, 0.4) is 0 Å². The number of thiol groups is 1. The Morgan fingerprint density at radius 1 is 1.50 bits per heavy atom. The molecule has 1 amide bonds. The number of nitrogens with one attached hydrogen (secondary N) is 1. The van der Waals surface area contributed by atoms with Crippen LogP contribution in [0.4, 0.5) is 4.79 Å². The summed E-state index contributed by atoms with van der Waals surface area (Å²) >= 11 is 3.66. The highest BCUT2D eigenvalue weighted by atomic mass is 32.1. The lowest BCUT2D eigenvalue weighted by molar-refractivity contribution is 0.260. The Bertz CT molecular complexity index is 347. The number of hydrogen-bond acceptors (Lipinski definition) is 1. The minimum atomic E-state index is -0.276. The highest BCUT2D eigenvalue weighted by molar-refractivity contribution is 7.96. The van der Waals surface area contributed by atoms with Gasteiger partial charge in [0.05, 0.1) is 0 Å². The van der Waals surface area contributed by atoms with Crippen LogP contribution in [0.1, 0.15) is 29.9 Å². The molecule has 2 nitrogen and oxygen atoms in total. The quantitative estimate of drug-likeness (QED) is 0.733. The zero-order valence-corrected chi connectivity index (χ0v) is 8.76. The van der Waals surface area contributed by atoms with Gasteiger partial charge in [-0.25, -0.2) is 0 Å². The molecule has 74 valence electrons. The number of rotatable bonds is 3. The van der Waals surface area contributed by atoms with Crippen molar-refractivity contribution in [3.8, 4) is 0 Å². The van der Waals surface area contributed by atoms with Gasteiger partial charge in [-0.3, -0.25) is 4.79 Å². The monoisotopic (exact) mass is 207 g/mol. The molecule has 1 N–H and O–H groups in total. The first-order chi connectivity index (χ1) is 6.75. The van der Waals surface area contributed by atoms with Crippen molar-refractivity contribution in [2.75, 3.05) is 0 Å². The van der Waals surface area contributed by atoms with Crippen LogP contribution in [0.15, 0.2) is 24.3 Å². The van der Waals surface area contributed by atoms with E-state index < -0.39 is 0 Å².